The zero-order valence-electron chi connectivity index (χ0n) is 9.51. The summed E-state index contributed by atoms with van der Waals surface area (Å²) in [5.74, 6) is 0. The minimum atomic E-state index is -3.59. The molecule has 0 unspecified atom stereocenters. The van der Waals surface area contributed by atoms with Crippen molar-refractivity contribution in [3.63, 3.8) is 0 Å². The van der Waals surface area contributed by atoms with Gasteiger partial charge in [0.25, 0.3) is 0 Å². The molecule has 8 heteroatoms. The Morgan fingerprint density at radius 2 is 2.28 bits per heavy atom. The van der Waals surface area contributed by atoms with Gasteiger partial charge in [-0.05, 0) is 19.1 Å². The molecule has 0 spiro atoms. The number of pyridine rings is 1. The monoisotopic (exact) mass is 286 g/mol. The predicted molar refractivity (Wildman–Crippen MR) is 66.6 cm³/mol. The SMILES string of the molecule is Cc1[nH]ncc1CNS(=O)(=O)c1ccnc(Cl)c1. The number of nitrogens with one attached hydrogen (secondary N) is 2. The summed E-state index contributed by atoms with van der Waals surface area (Å²) < 4.78 is 26.4. The maximum atomic E-state index is 12.0. The molecule has 96 valence electrons. The molecule has 2 aromatic rings. The van der Waals surface area contributed by atoms with Crippen LogP contribution in [-0.4, -0.2) is 23.6 Å². The van der Waals surface area contributed by atoms with E-state index in [1.807, 2.05) is 6.92 Å². The van der Waals surface area contributed by atoms with Crippen LogP contribution in [0.5, 0.6) is 0 Å². The van der Waals surface area contributed by atoms with Gasteiger partial charge in [0.2, 0.25) is 10.0 Å². The van der Waals surface area contributed by atoms with Gasteiger partial charge in [-0.25, -0.2) is 18.1 Å². The van der Waals surface area contributed by atoms with Gasteiger partial charge >= 0.3 is 0 Å². The maximum Gasteiger partial charge on any atom is 0.241 e. The molecule has 0 aliphatic carbocycles. The van der Waals surface area contributed by atoms with Gasteiger partial charge in [-0.15, -0.1) is 0 Å². The molecule has 0 saturated carbocycles. The van der Waals surface area contributed by atoms with Crippen molar-refractivity contribution in [2.75, 3.05) is 0 Å². The van der Waals surface area contributed by atoms with Crippen molar-refractivity contribution in [1.82, 2.24) is 19.9 Å². The number of hydrogen-bond acceptors (Lipinski definition) is 4. The first-order chi connectivity index (χ1) is 8.49. The minimum absolute atomic E-state index is 0.0867. The number of nitrogens with zero attached hydrogens (tertiary/aromatic N) is 2. The number of aromatic amines is 1. The van der Waals surface area contributed by atoms with Gasteiger partial charge in [0, 0.05) is 24.0 Å². The summed E-state index contributed by atoms with van der Waals surface area (Å²) in [4.78, 5) is 3.82. The summed E-state index contributed by atoms with van der Waals surface area (Å²) in [5, 5.41) is 6.69. The van der Waals surface area contributed by atoms with Crippen LogP contribution in [0.15, 0.2) is 29.4 Å². The van der Waals surface area contributed by atoms with E-state index < -0.39 is 10.0 Å². The average molecular weight is 287 g/mol. The number of hydrogen-bond donors (Lipinski definition) is 2. The molecule has 18 heavy (non-hydrogen) atoms. The first-order valence-electron chi connectivity index (χ1n) is 5.09. The van der Waals surface area contributed by atoms with Crippen LogP contribution in [0.2, 0.25) is 5.15 Å². The van der Waals surface area contributed by atoms with E-state index in [0.29, 0.717) is 0 Å². The second-order valence-corrected chi connectivity index (χ2v) is 5.81. The fourth-order valence-electron chi connectivity index (χ4n) is 1.36. The van der Waals surface area contributed by atoms with Gasteiger partial charge < -0.3 is 0 Å². The maximum absolute atomic E-state index is 12.0. The molecule has 0 fully saturated rings. The lowest BCUT2D eigenvalue weighted by molar-refractivity contribution is 0.581. The molecule has 0 amide bonds. The highest BCUT2D eigenvalue weighted by Crippen LogP contribution is 2.13. The van der Waals surface area contributed by atoms with Crippen LogP contribution in [0.3, 0.4) is 0 Å². The van der Waals surface area contributed by atoms with Gasteiger partial charge in [-0.3, -0.25) is 5.10 Å². The molecule has 0 aliphatic heterocycles. The standard InChI is InChI=1S/C10H11ClN4O2S/c1-7-8(5-13-15-7)6-14-18(16,17)9-2-3-12-10(11)4-9/h2-5,14H,6H2,1H3,(H,13,15). The Labute approximate surface area is 109 Å². The summed E-state index contributed by atoms with van der Waals surface area (Å²) in [7, 11) is -3.59. The van der Waals surface area contributed by atoms with Gasteiger partial charge in [-0.2, -0.15) is 5.10 Å². The molecule has 0 saturated heterocycles. The van der Waals surface area contributed by atoms with Gasteiger partial charge in [0.05, 0.1) is 11.1 Å². The Bertz CT molecular complexity index is 653. The van der Waals surface area contributed by atoms with Crippen LogP contribution in [0.1, 0.15) is 11.3 Å². The van der Waals surface area contributed by atoms with Crippen molar-refractivity contribution in [1.29, 1.82) is 0 Å². The fraction of sp³-hybridized carbons (Fsp3) is 0.200. The van der Waals surface area contributed by atoms with Crippen molar-refractivity contribution < 1.29 is 8.42 Å². The first kappa shape index (κ1) is 13.0. The number of aryl methyl sites for hydroxylation is 1. The molecular formula is C10H11ClN4O2S. The van der Waals surface area contributed by atoms with E-state index in [4.69, 9.17) is 11.6 Å². The molecule has 2 rings (SSSR count). The van der Waals surface area contributed by atoms with Crippen LogP contribution in [0.4, 0.5) is 0 Å². The van der Waals surface area contributed by atoms with E-state index >= 15 is 0 Å². The quantitative estimate of drug-likeness (QED) is 0.828. The van der Waals surface area contributed by atoms with E-state index in [0.717, 1.165) is 11.3 Å². The number of sulfonamides is 1. The highest BCUT2D eigenvalue weighted by Gasteiger charge is 2.15. The van der Waals surface area contributed by atoms with Crippen molar-refractivity contribution in [3.05, 3.63) is 40.9 Å². The lowest BCUT2D eigenvalue weighted by atomic mass is 10.3. The second kappa shape index (κ2) is 5.05. The summed E-state index contributed by atoms with van der Waals surface area (Å²) in [5.41, 5.74) is 1.61. The largest absolute Gasteiger partial charge is 0.283 e. The molecule has 6 nitrogen and oxygen atoms in total. The van der Waals surface area contributed by atoms with E-state index in [-0.39, 0.29) is 16.6 Å². The van der Waals surface area contributed by atoms with Crippen LogP contribution in [0.25, 0.3) is 0 Å². The van der Waals surface area contributed by atoms with Crippen LogP contribution in [0, 0.1) is 6.92 Å². The van der Waals surface area contributed by atoms with E-state index in [2.05, 4.69) is 19.9 Å². The third kappa shape index (κ3) is 2.87. The van der Waals surface area contributed by atoms with Gasteiger partial charge in [0.1, 0.15) is 5.15 Å². The average Bonchev–Trinajstić information content (AvgIpc) is 2.72. The third-order valence-corrected chi connectivity index (χ3v) is 4.00. The zero-order valence-corrected chi connectivity index (χ0v) is 11.1. The van der Waals surface area contributed by atoms with Crippen molar-refractivity contribution >= 4 is 21.6 Å². The lowest BCUT2D eigenvalue weighted by Gasteiger charge is -2.06. The molecular weight excluding hydrogens is 276 g/mol. The second-order valence-electron chi connectivity index (χ2n) is 3.66. The Balaban J connectivity index is 2.16. The highest BCUT2D eigenvalue weighted by molar-refractivity contribution is 7.89. The summed E-state index contributed by atoms with van der Waals surface area (Å²) in [6.07, 6.45) is 2.93. The predicted octanol–water partition coefficient (Wildman–Crippen LogP) is 1.25. The van der Waals surface area contributed by atoms with Crippen LogP contribution in [-0.2, 0) is 16.6 Å². The molecule has 2 heterocycles. The molecule has 2 N–H and O–H groups in total. The van der Waals surface area contributed by atoms with Gasteiger partial charge in [-0.1, -0.05) is 11.6 Å². The number of H-pyrrole nitrogens is 1. The lowest BCUT2D eigenvalue weighted by Crippen LogP contribution is -2.23. The van der Waals surface area contributed by atoms with Gasteiger partial charge in [0.15, 0.2) is 0 Å². The number of rotatable bonds is 4. The number of halogens is 1. The van der Waals surface area contributed by atoms with Crippen LogP contribution < -0.4 is 4.72 Å². The number of aromatic nitrogens is 3. The molecule has 2 aromatic heterocycles. The van der Waals surface area contributed by atoms with E-state index in [1.54, 1.807) is 6.20 Å². The summed E-state index contributed by atoms with van der Waals surface area (Å²) >= 11 is 5.66. The summed E-state index contributed by atoms with van der Waals surface area (Å²) in [6.45, 7) is 1.99. The molecule has 0 bridgehead atoms. The fourth-order valence-corrected chi connectivity index (χ4v) is 2.62. The molecule has 0 atom stereocenters. The molecule has 0 radical (unpaired) electrons. The zero-order chi connectivity index (χ0) is 13.2. The topological polar surface area (TPSA) is 87.7 Å². The Morgan fingerprint density at radius 3 is 2.89 bits per heavy atom. The van der Waals surface area contributed by atoms with E-state index in [9.17, 15) is 8.42 Å². The molecule has 0 aliphatic rings. The van der Waals surface area contributed by atoms with E-state index in [1.165, 1.54) is 18.3 Å². The minimum Gasteiger partial charge on any atom is -0.283 e. The normalized spacial score (nSPS) is 11.7. The third-order valence-electron chi connectivity index (χ3n) is 2.40. The van der Waals surface area contributed by atoms with Crippen molar-refractivity contribution in [2.45, 2.75) is 18.4 Å². The first-order valence-corrected chi connectivity index (χ1v) is 6.95. The van der Waals surface area contributed by atoms with Crippen molar-refractivity contribution in [2.24, 2.45) is 0 Å². The Morgan fingerprint density at radius 1 is 1.50 bits per heavy atom. The highest BCUT2D eigenvalue weighted by atomic mass is 35.5. The Kier molecular flexibility index (Phi) is 3.65. The van der Waals surface area contributed by atoms with Crippen LogP contribution >= 0.6 is 11.6 Å². The smallest absolute Gasteiger partial charge is 0.241 e. The molecule has 0 aromatic carbocycles. The summed E-state index contributed by atoms with van der Waals surface area (Å²) in [6, 6.07) is 2.68. The Hall–Kier alpha value is -1.44. The van der Waals surface area contributed by atoms with Crippen molar-refractivity contribution in [3.8, 4) is 0 Å².